The molecule has 2 amide bonds. The van der Waals surface area contributed by atoms with Crippen molar-refractivity contribution in [3.8, 4) is 0 Å². The lowest BCUT2D eigenvalue weighted by atomic mass is 9.96. The summed E-state index contributed by atoms with van der Waals surface area (Å²) in [6.07, 6.45) is 7.52. The van der Waals surface area contributed by atoms with Crippen molar-refractivity contribution in [3.05, 3.63) is 26.6 Å². The number of likely N-dealkylation sites (tertiary alicyclic amines) is 1. The first kappa shape index (κ1) is 22.7. The van der Waals surface area contributed by atoms with Gasteiger partial charge in [0.15, 0.2) is 0 Å². The SMILES string of the molecule is COC(=O)c1sc2nc(CN3CCC(NC(=O)NC4CCCCC4)CC3)[nH]c(=O)c2c1C. The van der Waals surface area contributed by atoms with E-state index >= 15 is 0 Å². The van der Waals surface area contributed by atoms with E-state index in [9.17, 15) is 14.4 Å². The molecule has 0 atom stereocenters. The number of urea groups is 1. The van der Waals surface area contributed by atoms with Crippen molar-refractivity contribution in [2.24, 2.45) is 0 Å². The van der Waals surface area contributed by atoms with Gasteiger partial charge in [0.05, 0.1) is 19.0 Å². The number of rotatable bonds is 5. The molecular weight excluding hydrogens is 430 g/mol. The molecule has 9 nitrogen and oxygen atoms in total. The summed E-state index contributed by atoms with van der Waals surface area (Å²) in [6, 6.07) is 0.412. The lowest BCUT2D eigenvalue weighted by Crippen LogP contribution is -2.50. The number of ether oxygens (including phenoxy) is 1. The zero-order chi connectivity index (χ0) is 22.7. The smallest absolute Gasteiger partial charge is 0.348 e. The van der Waals surface area contributed by atoms with Crippen LogP contribution in [0.3, 0.4) is 0 Å². The molecule has 1 saturated carbocycles. The zero-order valence-electron chi connectivity index (χ0n) is 18.7. The van der Waals surface area contributed by atoms with Gasteiger partial charge in [-0.25, -0.2) is 14.6 Å². The number of amides is 2. The molecule has 2 fully saturated rings. The third kappa shape index (κ3) is 5.12. The molecule has 4 rings (SSSR count). The Bertz CT molecular complexity index is 1030. The number of aromatic nitrogens is 2. The van der Waals surface area contributed by atoms with Crippen LogP contribution in [0, 0.1) is 6.92 Å². The second-order valence-corrected chi connectivity index (χ2v) is 9.74. The van der Waals surface area contributed by atoms with E-state index in [1.54, 1.807) is 6.92 Å². The maximum absolute atomic E-state index is 12.6. The summed E-state index contributed by atoms with van der Waals surface area (Å²) in [5, 5.41) is 6.68. The van der Waals surface area contributed by atoms with Gasteiger partial charge in [-0.15, -0.1) is 11.3 Å². The fourth-order valence-corrected chi connectivity index (χ4v) is 5.78. The van der Waals surface area contributed by atoms with Gasteiger partial charge in [0.1, 0.15) is 15.5 Å². The van der Waals surface area contributed by atoms with Gasteiger partial charge in [-0.1, -0.05) is 19.3 Å². The number of methoxy groups -OCH3 is 1. The van der Waals surface area contributed by atoms with E-state index in [0.717, 1.165) is 38.8 Å². The highest BCUT2D eigenvalue weighted by molar-refractivity contribution is 7.20. The highest BCUT2D eigenvalue weighted by Gasteiger charge is 2.24. The fourth-order valence-electron chi connectivity index (χ4n) is 4.66. The molecule has 2 aliphatic rings. The van der Waals surface area contributed by atoms with Gasteiger partial charge < -0.3 is 20.4 Å². The number of aryl methyl sites for hydroxylation is 1. The molecular formula is C22H31N5O4S. The summed E-state index contributed by atoms with van der Waals surface area (Å²) in [4.78, 5) is 47.5. The van der Waals surface area contributed by atoms with Crippen LogP contribution in [0.15, 0.2) is 4.79 Å². The molecule has 2 aromatic rings. The molecule has 3 N–H and O–H groups in total. The Morgan fingerprint density at radius 3 is 2.44 bits per heavy atom. The van der Waals surface area contributed by atoms with Crippen molar-refractivity contribution < 1.29 is 14.3 Å². The topological polar surface area (TPSA) is 116 Å². The van der Waals surface area contributed by atoms with Gasteiger partial charge in [0, 0.05) is 25.2 Å². The van der Waals surface area contributed by atoms with Crippen LogP contribution in [0.1, 0.15) is 66.0 Å². The number of aromatic amines is 1. The van der Waals surface area contributed by atoms with Crippen LogP contribution in [0.5, 0.6) is 0 Å². The molecule has 32 heavy (non-hydrogen) atoms. The van der Waals surface area contributed by atoms with Crippen molar-refractivity contribution in [1.82, 2.24) is 25.5 Å². The Kier molecular flexibility index (Phi) is 7.10. The summed E-state index contributed by atoms with van der Waals surface area (Å²) in [6.45, 7) is 3.89. The van der Waals surface area contributed by atoms with E-state index in [-0.39, 0.29) is 17.6 Å². The van der Waals surface area contributed by atoms with Crippen molar-refractivity contribution >= 4 is 33.6 Å². The Morgan fingerprint density at radius 2 is 1.78 bits per heavy atom. The number of nitrogens with one attached hydrogen (secondary N) is 3. The molecule has 0 radical (unpaired) electrons. The molecule has 1 aliphatic carbocycles. The van der Waals surface area contributed by atoms with E-state index in [0.29, 0.717) is 39.1 Å². The average molecular weight is 462 g/mol. The minimum atomic E-state index is -0.450. The van der Waals surface area contributed by atoms with Crippen molar-refractivity contribution in [2.75, 3.05) is 20.2 Å². The molecule has 0 aromatic carbocycles. The minimum Gasteiger partial charge on any atom is -0.465 e. The van der Waals surface area contributed by atoms with Gasteiger partial charge in [0.2, 0.25) is 0 Å². The summed E-state index contributed by atoms with van der Waals surface area (Å²) >= 11 is 1.19. The Morgan fingerprint density at radius 1 is 1.12 bits per heavy atom. The molecule has 3 heterocycles. The number of fused-ring (bicyclic) bond motifs is 1. The lowest BCUT2D eigenvalue weighted by Gasteiger charge is -2.32. The molecule has 174 valence electrons. The van der Waals surface area contributed by atoms with Crippen molar-refractivity contribution in [1.29, 1.82) is 0 Å². The first-order chi connectivity index (χ1) is 15.4. The molecule has 0 spiro atoms. The van der Waals surface area contributed by atoms with Gasteiger partial charge in [-0.2, -0.15) is 0 Å². The predicted molar refractivity (Wildman–Crippen MR) is 123 cm³/mol. The number of hydrogen-bond acceptors (Lipinski definition) is 7. The van der Waals surface area contributed by atoms with E-state index in [1.807, 2.05) is 0 Å². The number of H-pyrrole nitrogens is 1. The zero-order valence-corrected chi connectivity index (χ0v) is 19.5. The van der Waals surface area contributed by atoms with E-state index in [1.165, 1.54) is 37.7 Å². The lowest BCUT2D eigenvalue weighted by molar-refractivity contribution is 0.0605. The number of carbonyl (C=O) groups is 2. The molecule has 2 aromatic heterocycles. The third-order valence-electron chi connectivity index (χ3n) is 6.46. The number of nitrogens with zero attached hydrogens (tertiary/aromatic N) is 2. The number of carbonyl (C=O) groups excluding carboxylic acids is 2. The first-order valence-corrected chi connectivity index (χ1v) is 12.2. The monoisotopic (exact) mass is 461 g/mol. The highest BCUT2D eigenvalue weighted by atomic mass is 32.1. The van der Waals surface area contributed by atoms with Gasteiger partial charge in [-0.3, -0.25) is 9.69 Å². The predicted octanol–water partition coefficient (Wildman–Crippen LogP) is 2.68. The van der Waals surface area contributed by atoms with Crippen molar-refractivity contribution in [2.45, 2.75) is 70.5 Å². The number of piperidine rings is 1. The van der Waals surface area contributed by atoms with Gasteiger partial charge >= 0.3 is 12.0 Å². The molecule has 10 heteroatoms. The molecule has 0 unspecified atom stereocenters. The van der Waals surface area contributed by atoms with Crippen LogP contribution in [-0.2, 0) is 11.3 Å². The summed E-state index contributed by atoms with van der Waals surface area (Å²) in [5.74, 6) is 0.134. The Balaban J connectivity index is 1.32. The largest absolute Gasteiger partial charge is 0.465 e. The maximum atomic E-state index is 12.6. The number of hydrogen-bond donors (Lipinski definition) is 3. The highest BCUT2D eigenvalue weighted by Crippen LogP contribution is 2.27. The van der Waals surface area contributed by atoms with Gasteiger partial charge in [-0.05, 0) is 38.2 Å². The summed E-state index contributed by atoms with van der Waals surface area (Å²) < 4.78 is 4.81. The summed E-state index contributed by atoms with van der Waals surface area (Å²) in [5.41, 5.74) is 0.375. The van der Waals surface area contributed by atoms with Crippen LogP contribution in [0.2, 0.25) is 0 Å². The fraction of sp³-hybridized carbons (Fsp3) is 0.636. The van der Waals surface area contributed by atoms with Crippen LogP contribution in [-0.4, -0.2) is 59.2 Å². The maximum Gasteiger partial charge on any atom is 0.348 e. The molecule has 1 aliphatic heterocycles. The van der Waals surface area contributed by atoms with Crippen LogP contribution >= 0.6 is 11.3 Å². The molecule has 0 bridgehead atoms. The number of thiophene rings is 1. The van der Waals surface area contributed by atoms with E-state index in [2.05, 4.69) is 25.5 Å². The van der Waals surface area contributed by atoms with Crippen molar-refractivity contribution in [3.63, 3.8) is 0 Å². The van der Waals surface area contributed by atoms with Crippen LogP contribution in [0.25, 0.3) is 10.2 Å². The van der Waals surface area contributed by atoms with Gasteiger partial charge in [0.25, 0.3) is 5.56 Å². The van der Waals surface area contributed by atoms with E-state index in [4.69, 9.17) is 4.74 Å². The number of esters is 1. The quantitative estimate of drug-likeness (QED) is 0.590. The normalized spacial score (nSPS) is 18.6. The third-order valence-corrected chi connectivity index (χ3v) is 7.62. The standard InChI is InChI=1S/C22H31N5O4S/c1-13-17-19(28)25-16(26-20(17)32-18(13)21(29)31-2)12-27-10-8-15(9-11-27)24-22(30)23-14-6-4-3-5-7-14/h14-15H,3-12H2,1-2H3,(H2,23,24,30)(H,25,26,28). The molecule has 1 saturated heterocycles. The summed E-state index contributed by atoms with van der Waals surface area (Å²) in [7, 11) is 1.33. The second kappa shape index (κ2) is 9.99. The van der Waals surface area contributed by atoms with Crippen LogP contribution < -0.4 is 16.2 Å². The van der Waals surface area contributed by atoms with E-state index < -0.39 is 5.97 Å². The Labute approximate surface area is 190 Å². The minimum absolute atomic E-state index is 0.0544. The average Bonchev–Trinajstić information content (AvgIpc) is 3.12. The Hall–Kier alpha value is -2.46. The second-order valence-electron chi connectivity index (χ2n) is 8.74. The first-order valence-electron chi connectivity index (χ1n) is 11.3. The van der Waals surface area contributed by atoms with Crippen LogP contribution in [0.4, 0.5) is 4.79 Å².